The third-order valence-corrected chi connectivity index (χ3v) is 6.39. The number of benzene rings is 1. The molecule has 2 aliphatic rings. The number of carbonyl (C=O) groups excluding carboxylic acids is 1. The normalized spacial score (nSPS) is 20.2. The molecule has 0 bridgehead atoms. The fourth-order valence-corrected chi connectivity index (χ4v) is 4.75. The Labute approximate surface area is 193 Å². The smallest absolute Gasteiger partial charge is 0.307 e. The first kappa shape index (κ1) is 22.9. The second-order valence-corrected chi connectivity index (χ2v) is 8.97. The number of nitrogens with zero attached hydrogens (tertiary/aromatic N) is 1. The van der Waals surface area contributed by atoms with E-state index < -0.39 is 12.1 Å². The number of hydrogen-bond donors (Lipinski definition) is 5. The average molecular weight is 456 g/mol. The van der Waals surface area contributed by atoms with Gasteiger partial charge in [-0.05, 0) is 37.0 Å². The number of aromatic nitrogens is 2. The highest BCUT2D eigenvalue weighted by Gasteiger charge is 2.33. The molecule has 1 aromatic carbocycles. The van der Waals surface area contributed by atoms with Crippen LogP contribution in [-0.2, 0) is 9.59 Å². The molecule has 9 heteroatoms. The summed E-state index contributed by atoms with van der Waals surface area (Å²) in [7, 11) is 0. The van der Waals surface area contributed by atoms with Crippen LogP contribution in [0.15, 0.2) is 30.6 Å². The van der Waals surface area contributed by atoms with Gasteiger partial charge in [-0.15, -0.1) is 0 Å². The van der Waals surface area contributed by atoms with Gasteiger partial charge in [0, 0.05) is 31.0 Å². The highest BCUT2D eigenvalue weighted by Crippen LogP contribution is 2.38. The molecule has 2 unspecified atom stereocenters. The molecule has 5 N–H and O–H groups in total. The van der Waals surface area contributed by atoms with E-state index in [1.165, 1.54) is 32.1 Å². The summed E-state index contributed by atoms with van der Waals surface area (Å²) >= 11 is 0. The minimum absolute atomic E-state index is 0.0334. The van der Waals surface area contributed by atoms with E-state index in [1.807, 2.05) is 6.07 Å². The van der Waals surface area contributed by atoms with Crippen LogP contribution in [0.5, 0.6) is 5.75 Å². The lowest BCUT2D eigenvalue weighted by Crippen LogP contribution is -2.44. The summed E-state index contributed by atoms with van der Waals surface area (Å²) in [6, 6.07) is 5.40. The highest BCUT2D eigenvalue weighted by atomic mass is 16.5. The Morgan fingerprint density at radius 1 is 1.21 bits per heavy atom. The molecule has 0 spiro atoms. The molecule has 178 valence electrons. The Morgan fingerprint density at radius 3 is 2.82 bits per heavy atom. The summed E-state index contributed by atoms with van der Waals surface area (Å²) in [6.07, 6.45) is 11.1. The molecule has 4 rings (SSSR count). The number of rotatable bonds is 10. The number of H-pyrrole nitrogens is 1. The average Bonchev–Trinajstić information content (AvgIpc) is 3.31. The Hall–Kier alpha value is -3.23. The zero-order valence-corrected chi connectivity index (χ0v) is 18.8. The monoisotopic (exact) mass is 455 g/mol. The summed E-state index contributed by atoms with van der Waals surface area (Å²) in [4.78, 5) is 30.8. The Balaban J connectivity index is 1.33. The number of carboxylic acids is 1. The van der Waals surface area contributed by atoms with E-state index in [-0.39, 0.29) is 18.4 Å². The Kier molecular flexibility index (Phi) is 7.70. The van der Waals surface area contributed by atoms with Gasteiger partial charge in [0.25, 0.3) is 0 Å². The van der Waals surface area contributed by atoms with E-state index in [4.69, 9.17) is 4.74 Å². The van der Waals surface area contributed by atoms with Crippen LogP contribution < -0.4 is 20.7 Å². The number of nitrogens with one attached hydrogen (secondary N) is 4. The molecule has 1 saturated carbocycles. The molecule has 0 saturated heterocycles. The van der Waals surface area contributed by atoms with Crippen molar-refractivity contribution in [3.8, 4) is 5.75 Å². The van der Waals surface area contributed by atoms with Crippen molar-refractivity contribution in [2.75, 3.05) is 22.5 Å². The van der Waals surface area contributed by atoms with E-state index in [0.717, 1.165) is 12.1 Å². The van der Waals surface area contributed by atoms with Crippen LogP contribution in [-0.4, -0.2) is 45.6 Å². The second-order valence-electron chi connectivity index (χ2n) is 8.97. The van der Waals surface area contributed by atoms with Crippen LogP contribution in [0.2, 0.25) is 0 Å². The van der Waals surface area contributed by atoms with E-state index in [1.54, 1.807) is 24.5 Å². The molecule has 2 aromatic rings. The minimum Gasteiger partial charge on any atom is -0.486 e. The standard InChI is InChI=1S/C24H33N5O4/c30-22(7-4-10-25-24-26-11-12-27-24)28-17-8-9-20-19(14-17)29-18(21(33-20)15-23(31)32)13-16-5-2-1-3-6-16/h8-9,11-12,14,16,18,21,29H,1-7,10,13,15H2,(H,28,30)(H,31,32)(H2,25,26,27). The number of hydrogen-bond acceptors (Lipinski definition) is 6. The first-order valence-electron chi connectivity index (χ1n) is 11.9. The van der Waals surface area contributed by atoms with Crippen molar-refractivity contribution in [1.82, 2.24) is 9.97 Å². The molecule has 1 aliphatic carbocycles. The van der Waals surface area contributed by atoms with E-state index in [2.05, 4.69) is 25.9 Å². The van der Waals surface area contributed by atoms with Gasteiger partial charge < -0.3 is 30.8 Å². The molecular formula is C24H33N5O4. The summed E-state index contributed by atoms with van der Waals surface area (Å²) in [5.74, 6) is 0.997. The third-order valence-electron chi connectivity index (χ3n) is 6.39. The number of carbonyl (C=O) groups is 2. The highest BCUT2D eigenvalue weighted by molar-refractivity contribution is 5.91. The van der Waals surface area contributed by atoms with Gasteiger partial charge in [-0.2, -0.15) is 0 Å². The maximum Gasteiger partial charge on any atom is 0.307 e. The minimum atomic E-state index is -0.857. The van der Waals surface area contributed by atoms with Crippen LogP contribution in [0.3, 0.4) is 0 Å². The lowest BCUT2D eigenvalue weighted by Gasteiger charge is -2.37. The van der Waals surface area contributed by atoms with E-state index >= 15 is 0 Å². The third kappa shape index (κ3) is 6.63. The second kappa shape index (κ2) is 11.1. The zero-order valence-electron chi connectivity index (χ0n) is 18.8. The van der Waals surface area contributed by atoms with Crippen molar-refractivity contribution in [2.45, 2.75) is 69.9 Å². The van der Waals surface area contributed by atoms with Crippen molar-refractivity contribution < 1.29 is 19.4 Å². The van der Waals surface area contributed by atoms with Gasteiger partial charge in [-0.1, -0.05) is 32.1 Å². The number of carboxylic acid groups (broad SMARTS) is 1. The number of amides is 1. The van der Waals surface area contributed by atoms with Crippen LogP contribution >= 0.6 is 0 Å². The fraction of sp³-hybridized carbons (Fsp3) is 0.542. The molecule has 1 aromatic heterocycles. The maximum absolute atomic E-state index is 12.4. The van der Waals surface area contributed by atoms with Gasteiger partial charge in [0.1, 0.15) is 11.9 Å². The largest absolute Gasteiger partial charge is 0.486 e. The van der Waals surface area contributed by atoms with Gasteiger partial charge in [0.15, 0.2) is 5.95 Å². The topological polar surface area (TPSA) is 128 Å². The Bertz CT molecular complexity index is 927. The van der Waals surface area contributed by atoms with Crippen LogP contribution in [0.25, 0.3) is 0 Å². The SMILES string of the molecule is O=C(O)CC1Oc2ccc(NC(=O)CCCNc3ncc[nH]3)cc2NC1CC1CCCCC1. The van der Waals surface area contributed by atoms with Crippen LogP contribution in [0.1, 0.15) is 57.8 Å². The number of fused-ring (bicyclic) bond motifs is 1. The molecule has 0 radical (unpaired) electrons. The first-order chi connectivity index (χ1) is 16.1. The number of imidazole rings is 1. The van der Waals surface area contributed by atoms with Gasteiger partial charge in [0.05, 0.1) is 18.2 Å². The van der Waals surface area contributed by atoms with Crippen LogP contribution in [0.4, 0.5) is 17.3 Å². The molecule has 1 aliphatic heterocycles. The lowest BCUT2D eigenvalue weighted by molar-refractivity contribution is -0.139. The van der Waals surface area contributed by atoms with Crippen molar-refractivity contribution in [1.29, 1.82) is 0 Å². The van der Waals surface area contributed by atoms with Crippen molar-refractivity contribution in [2.24, 2.45) is 5.92 Å². The number of ether oxygens (including phenoxy) is 1. The summed E-state index contributed by atoms with van der Waals surface area (Å²) in [5.41, 5.74) is 1.50. The quantitative estimate of drug-likeness (QED) is 0.339. The molecule has 9 nitrogen and oxygen atoms in total. The van der Waals surface area contributed by atoms with E-state index in [9.17, 15) is 14.7 Å². The molecule has 1 fully saturated rings. The number of aromatic amines is 1. The van der Waals surface area contributed by atoms with E-state index in [0.29, 0.717) is 42.7 Å². The molecule has 2 atom stereocenters. The fourth-order valence-electron chi connectivity index (χ4n) is 4.75. The lowest BCUT2D eigenvalue weighted by atomic mass is 9.83. The molecule has 1 amide bonds. The zero-order chi connectivity index (χ0) is 23.0. The summed E-state index contributed by atoms with van der Waals surface area (Å²) in [6.45, 7) is 0.647. The van der Waals surface area contributed by atoms with Gasteiger partial charge >= 0.3 is 5.97 Å². The first-order valence-corrected chi connectivity index (χ1v) is 11.9. The Morgan fingerprint density at radius 2 is 2.06 bits per heavy atom. The summed E-state index contributed by atoms with van der Waals surface area (Å²) in [5, 5.41) is 19.0. The van der Waals surface area contributed by atoms with Crippen molar-refractivity contribution in [3.05, 3.63) is 30.6 Å². The van der Waals surface area contributed by atoms with Crippen molar-refractivity contribution >= 4 is 29.2 Å². The number of anilines is 3. The maximum atomic E-state index is 12.4. The predicted molar refractivity (Wildman–Crippen MR) is 127 cm³/mol. The van der Waals surface area contributed by atoms with Gasteiger partial charge in [-0.3, -0.25) is 9.59 Å². The van der Waals surface area contributed by atoms with Gasteiger partial charge in [0.2, 0.25) is 5.91 Å². The number of aliphatic carboxylic acids is 1. The van der Waals surface area contributed by atoms with Gasteiger partial charge in [-0.25, -0.2) is 4.98 Å². The predicted octanol–water partition coefficient (Wildman–Crippen LogP) is 4.23. The summed E-state index contributed by atoms with van der Waals surface area (Å²) < 4.78 is 6.10. The molecular weight excluding hydrogens is 422 g/mol. The molecule has 2 heterocycles. The van der Waals surface area contributed by atoms with Crippen LogP contribution in [0, 0.1) is 5.92 Å². The van der Waals surface area contributed by atoms with Crippen molar-refractivity contribution in [3.63, 3.8) is 0 Å². The molecule has 33 heavy (non-hydrogen) atoms.